The molecule has 0 unspecified atom stereocenters. The van der Waals surface area contributed by atoms with E-state index in [-0.39, 0.29) is 12.2 Å². The fourth-order valence-corrected chi connectivity index (χ4v) is 2.48. The first-order valence-electron chi connectivity index (χ1n) is 8.30. The van der Waals surface area contributed by atoms with Crippen LogP contribution in [0.15, 0.2) is 24.3 Å². The van der Waals surface area contributed by atoms with Gasteiger partial charge in [0.05, 0.1) is 6.04 Å². The van der Waals surface area contributed by atoms with Gasteiger partial charge >= 0.3 is 12.1 Å². The molecular weight excluding hydrogens is 324 g/mol. The minimum atomic E-state index is -1.11. The van der Waals surface area contributed by atoms with Crippen molar-refractivity contribution in [2.75, 3.05) is 6.54 Å². The van der Waals surface area contributed by atoms with E-state index in [2.05, 4.69) is 0 Å². The molecule has 0 aliphatic carbocycles. The molecule has 0 aromatic heterocycles. The standard InChI is InChI=1S/C18H28N2O5/c1-12(13-7-9-14(21)10-8-13)20(17(24)25-18(2,3)4)15(16(22)23)6-5-11-19/h7-10,12,15,21H,5-6,11,19H2,1-4H3,(H,22,23)/t12-,15-/m1/s1. The van der Waals surface area contributed by atoms with Gasteiger partial charge < -0.3 is 20.7 Å². The molecule has 1 aromatic rings. The molecule has 7 nitrogen and oxygen atoms in total. The fourth-order valence-electron chi connectivity index (χ4n) is 2.48. The summed E-state index contributed by atoms with van der Waals surface area (Å²) in [6.07, 6.45) is 0.00370. The highest BCUT2D eigenvalue weighted by Crippen LogP contribution is 2.28. The average Bonchev–Trinajstić information content (AvgIpc) is 2.49. The lowest BCUT2D eigenvalue weighted by molar-refractivity contribution is -0.144. The molecule has 0 heterocycles. The van der Waals surface area contributed by atoms with Gasteiger partial charge in [-0.25, -0.2) is 9.59 Å². The van der Waals surface area contributed by atoms with Crippen molar-refractivity contribution < 1.29 is 24.5 Å². The molecule has 0 saturated heterocycles. The molecule has 1 aromatic carbocycles. The van der Waals surface area contributed by atoms with Crippen LogP contribution in [0.3, 0.4) is 0 Å². The van der Waals surface area contributed by atoms with Crippen LogP contribution in [0, 0.1) is 0 Å². The number of aliphatic carboxylic acids is 1. The van der Waals surface area contributed by atoms with Crippen molar-refractivity contribution in [2.45, 2.75) is 58.2 Å². The first-order chi connectivity index (χ1) is 11.6. The smallest absolute Gasteiger partial charge is 0.411 e. The van der Waals surface area contributed by atoms with E-state index in [1.54, 1.807) is 39.8 Å². The Morgan fingerprint density at radius 2 is 1.80 bits per heavy atom. The van der Waals surface area contributed by atoms with Crippen LogP contribution in [0.25, 0.3) is 0 Å². The molecule has 0 fully saturated rings. The molecular formula is C18H28N2O5. The van der Waals surface area contributed by atoms with Crippen molar-refractivity contribution in [1.29, 1.82) is 0 Å². The van der Waals surface area contributed by atoms with E-state index in [1.165, 1.54) is 17.0 Å². The lowest BCUT2D eigenvalue weighted by Gasteiger charge is -2.36. The van der Waals surface area contributed by atoms with E-state index < -0.39 is 29.7 Å². The first-order valence-corrected chi connectivity index (χ1v) is 8.30. The van der Waals surface area contributed by atoms with E-state index >= 15 is 0 Å². The molecule has 0 bridgehead atoms. The van der Waals surface area contributed by atoms with Gasteiger partial charge in [-0.3, -0.25) is 4.90 Å². The number of nitrogens with zero attached hydrogens (tertiary/aromatic N) is 1. The number of carbonyl (C=O) groups excluding carboxylic acids is 1. The van der Waals surface area contributed by atoms with Crippen molar-refractivity contribution in [1.82, 2.24) is 4.90 Å². The first kappa shape index (κ1) is 20.8. The Morgan fingerprint density at radius 3 is 2.24 bits per heavy atom. The molecule has 0 saturated carbocycles. The quantitative estimate of drug-likeness (QED) is 0.695. The van der Waals surface area contributed by atoms with Gasteiger partial charge in [0.25, 0.3) is 0 Å². The van der Waals surface area contributed by atoms with Crippen molar-refractivity contribution in [3.8, 4) is 5.75 Å². The molecule has 0 radical (unpaired) electrons. The summed E-state index contributed by atoms with van der Waals surface area (Å²) in [6.45, 7) is 7.24. The highest BCUT2D eigenvalue weighted by atomic mass is 16.6. The van der Waals surface area contributed by atoms with Crippen LogP contribution in [0.5, 0.6) is 5.75 Å². The van der Waals surface area contributed by atoms with Crippen LogP contribution in [0.1, 0.15) is 52.1 Å². The number of aromatic hydroxyl groups is 1. The van der Waals surface area contributed by atoms with Gasteiger partial charge in [-0.05, 0) is 64.8 Å². The summed E-state index contributed by atoms with van der Waals surface area (Å²) in [5, 5.41) is 19.1. The van der Waals surface area contributed by atoms with E-state index in [9.17, 15) is 19.8 Å². The van der Waals surface area contributed by atoms with Crippen molar-refractivity contribution in [3.05, 3.63) is 29.8 Å². The third kappa shape index (κ3) is 6.26. The zero-order valence-electron chi connectivity index (χ0n) is 15.2. The summed E-state index contributed by atoms with van der Waals surface area (Å²) in [6, 6.07) is 4.69. The maximum Gasteiger partial charge on any atom is 0.411 e. The van der Waals surface area contributed by atoms with Crippen molar-refractivity contribution in [3.63, 3.8) is 0 Å². The Labute approximate surface area is 148 Å². The summed E-state index contributed by atoms with van der Waals surface area (Å²) in [5.74, 6) is -1.01. The number of hydrogen-bond acceptors (Lipinski definition) is 5. The van der Waals surface area contributed by atoms with Crippen molar-refractivity contribution in [2.24, 2.45) is 5.73 Å². The third-order valence-corrected chi connectivity index (χ3v) is 3.70. The zero-order valence-corrected chi connectivity index (χ0v) is 15.2. The maximum absolute atomic E-state index is 12.7. The predicted octanol–water partition coefficient (Wildman–Crippen LogP) is 2.88. The number of nitrogens with two attached hydrogens (primary N) is 1. The third-order valence-electron chi connectivity index (χ3n) is 3.70. The molecule has 1 amide bonds. The highest BCUT2D eigenvalue weighted by molar-refractivity contribution is 5.80. The topological polar surface area (TPSA) is 113 Å². The SMILES string of the molecule is C[C@H](c1ccc(O)cc1)N(C(=O)OC(C)(C)C)[C@H](CCCN)C(=O)O. The molecule has 25 heavy (non-hydrogen) atoms. The number of phenols is 1. The van der Waals surface area contributed by atoms with Crippen LogP contribution in [0.4, 0.5) is 4.79 Å². The Hall–Kier alpha value is -2.28. The largest absolute Gasteiger partial charge is 0.508 e. The maximum atomic E-state index is 12.7. The second-order valence-electron chi connectivity index (χ2n) is 6.94. The van der Waals surface area contributed by atoms with Gasteiger partial charge in [-0.2, -0.15) is 0 Å². The monoisotopic (exact) mass is 352 g/mol. The predicted molar refractivity (Wildman–Crippen MR) is 94.3 cm³/mol. The fraction of sp³-hybridized carbons (Fsp3) is 0.556. The minimum Gasteiger partial charge on any atom is -0.508 e. The molecule has 140 valence electrons. The molecule has 1 rings (SSSR count). The van der Waals surface area contributed by atoms with Gasteiger partial charge in [0.1, 0.15) is 17.4 Å². The number of hydrogen-bond donors (Lipinski definition) is 3. The number of carboxylic acid groups (broad SMARTS) is 1. The molecule has 0 aliphatic heterocycles. The Balaban J connectivity index is 3.21. The number of rotatable bonds is 7. The Bertz CT molecular complexity index is 580. The van der Waals surface area contributed by atoms with E-state index in [0.717, 1.165) is 0 Å². The van der Waals surface area contributed by atoms with Crippen LogP contribution in [-0.2, 0) is 9.53 Å². The van der Waals surface area contributed by atoms with E-state index in [1.807, 2.05) is 0 Å². The normalized spacial score (nSPS) is 13.8. The second-order valence-corrected chi connectivity index (χ2v) is 6.94. The van der Waals surface area contributed by atoms with Crippen LogP contribution in [0.2, 0.25) is 0 Å². The summed E-state index contributed by atoms with van der Waals surface area (Å²) in [7, 11) is 0. The van der Waals surface area contributed by atoms with Crippen LogP contribution >= 0.6 is 0 Å². The van der Waals surface area contributed by atoms with E-state index in [4.69, 9.17) is 10.5 Å². The average molecular weight is 352 g/mol. The van der Waals surface area contributed by atoms with Crippen molar-refractivity contribution >= 4 is 12.1 Å². The summed E-state index contributed by atoms with van der Waals surface area (Å²) >= 11 is 0. The summed E-state index contributed by atoms with van der Waals surface area (Å²) in [4.78, 5) is 25.7. The molecule has 2 atom stereocenters. The number of carbonyl (C=O) groups is 2. The van der Waals surface area contributed by atoms with Gasteiger partial charge in [0, 0.05) is 0 Å². The Kier molecular flexibility index (Phi) is 7.23. The molecule has 0 spiro atoms. The molecule has 0 aliphatic rings. The lowest BCUT2D eigenvalue weighted by atomic mass is 10.0. The minimum absolute atomic E-state index is 0.0951. The number of benzene rings is 1. The molecule has 4 N–H and O–H groups in total. The van der Waals surface area contributed by atoms with Crippen LogP contribution in [-0.4, -0.2) is 45.4 Å². The number of ether oxygens (including phenoxy) is 1. The van der Waals surface area contributed by atoms with Gasteiger partial charge in [-0.15, -0.1) is 0 Å². The summed E-state index contributed by atoms with van der Waals surface area (Å²) in [5.41, 5.74) is 5.45. The zero-order chi connectivity index (χ0) is 19.2. The summed E-state index contributed by atoms with van der Waals surface area (Å²) < 4.78 is 5.42. The lowest BCUT2D eigenvalue weighted by Crippen LogP contribution is -2.48. The molecule has 7 heteroatoms. The van der Waals surface area contributed by atoms with Gasteiger partial charge in [0.2, 0.25) is 0 Å². The van der Waals surface area contributed by atoms with Gasteiger partial charge in [-0.1, -0.05) is 12.1 Å². The number of carboxylic acids is 1. The Morgan fingerprint density at radius 1 is 1.24 bits per heavy atom. The highest BCUT2D eigenvalue weighted by Gasteiger charge is 2.36. The van der Waals surface area contributed by atoms with Gasteiger partial charge in [0.15, 0.2) is 0 Å². The number of phenolic OH excluding ortho intramolecular Hbond substituents is 1. The number of amides is 1. The second kappa shape index (κ2) is 8.71. The van der Waals surface area contributed by atoms with E-state index in [0.29, 0.717) is 18.5 Å². The van der Waals surface area contributed by atoms with Crippen LogP contribution < -0.4 is 5.73 Å².